The summed E-state index contributed by atoms with van der Waals surface area (Å²) in [7, 11) is 0. The van der Waals surface area contributed by atoms with Crippen molar-refractivity contribution < 1.29 is 9.21 Å². The van der Waals surface area contributed by atoms with Gasteiger partial charge in [-0.3, -0.25) is 9.36 Å². The van der Waals surface area contributed by atoms with Gasteiger partial charge in [0.2, 0.25) is 5.82 Å². The molecule has 0 atom stereocenters. The van der Waals surface area contributed by atoms with Crippen LogP contribution in [0.1, 0.15) is 21.5 Å². The Bertz CT molecular complexity index is 1180. The number of nitrogens with one attached hydrogen (secondary N) is 1. The van der Waals surface area contributed by atoms with Crippen molar-refractivity contribution in [2.75, 3.05) is 5.32 Å². The van der Waals surface area contributed by atoms with E-state index in [-0.39, 0.29) is 5.91 Å². The molecule has 0 fully saturated rings. The number of furan rings is 1. The van der Waals surface area contributed by atoms with E-state index in [0.29, 0.717) is 29.4 Å². The number of aromatic nitrogens is 3. The first-order valence-electron chi connectivity index (χ1n) is 9.82. The summed E-state index contributed by atoms with van der Waals surface area (Å²) in [5, 5.41) is 12.3. The molecule has 1 amide bonds. The van der Waals surface area contributed by atoms with Gasteiger partial charge in [0.25, 0.3) is 5.91 Å². The van der Waals surface area contributed by atoms with Crippen LogP contribution in [-0.2, 0) is 12.3 Å². The first kappa shape index (κ1) is 20.7. The van der Waals surface area contributed by atoms with E-state index in [2.05, 4.69) is 22.1 Å². The maximum Gasteiger partial charge on any atom is 0.255 e. The number of hydrogen-bond acceptors (Lipinski definition) is 5. The van der Waals surface area contributed by atoms with Gasteiger partial charge in [0.1, 0.15) is 0 Å². The third-order valence-corrected chi connectivity index (χ3v) is 5.79. The standard InChI is InChI=1S/C24H22N4O2S/c1-3-14-28-22(21-9-6-15-30-21)26-27-24(28)31-16-18-10-12-19(13-11-18)23(29)25-20-8-5-4-7-17(20)2/h3-13,15H,1,14,16H2,2H3,(H,25,29). The minimum atomic E-state index is -0.123. The van der Waals surface area contributed by atoms with Gasteiger partial charge in [-0.1, -0.05) is 48.2 Å². The molecule has 4 aromatic rings. The second-order valence-electron chi connectivity index (χ2n) is 6.94. The van der Waals surface area contributed by atoms with Crippen LogP contribution in [-0.4, -0.2) is 20.7 Å². The molecule has 0 unspecified atom stereocenters. The third-order valence-electron chi connectivity index (χ3n) is 4.75. The van der Waals surface area contributed by atoms with Crippen molar-refractivity contribution in [3.05, 3.63) is 96.3 Å². The lowest BCUT2D eigenvalue weighted by Crippen LogP contribution is -2.12. The lowest BCUT2D eigenvalue weighted by Gasteiger charge is -2.09. The number of carbonyl (C=O) groups excluding carboxylic acids is 1. The fourth-order valence-corrected chi connectivity index (χ4v) is 3.99. The average Bonchev–Trinajstić information content (AvgIpc) is 3.44. The molecule has 2 aromatic heterocycles. The second kappa shape index (κ2) is 9.49. The normalized spacial score (nSPS) is 10.7. The number of anilines is 1. The number of thioether (sulfide) groups is 1. The number of allylic oxidation sites excluding steroid dienone is 1. The van der Waals surface area contributed by atoms with E-state index in [1.807, 2.05) is 78.2 Å². The van der Waals surface area contributed by atoms with Crippen molar-refractivity contribution in [3.63, 3.8) is 0 Å². The zero-order valence-corrected chi connectivity index (χ0v) is 17.9. The molecule has 0 aliphatic rings. The van der Waals surface area contributed by atoms with Gasteiger partial charge in [0.05, 0.1) is 6.26 Å². The van der Waals surface area contributed by atoms with Gasteiger partial charge in [-0.05, 0) is 48.4 Å². The van der Waals surface area contributed by atoms with Crippen LogP contribution in [0.2, 0.25) is 0 Å². The van der Waals surface area contributed by atoms with Crippen LogP contribution in [0.15, 0.2) is 89.2 Å². The maximum absolute atomic E-state index is 12.5. The van der Waals surface area contributed by atoms with E-state index in [9.17, 15) is 4.79 Å². The van der Waals surface area contributed by atoms with E-state index >= 15 is 0 Å². The van der Waals surface area contributed by atoms with Crippen LogP contribution < -0.4 is 5.32 Å². The first-order chi connectivity index (χ1) is 15.2. The maximum atomic E-state index is 12.5. The molecule has 0 saturated carbocycles. The molecule has 0 bridgehead atoms. The highest BCUT2D eigenvalue weighted by Gasteiger charge is 2.15. The summed E-state index contributed by atoms with van der Waals surface area (Å²) in [6, 6.07) is 19.0. The van der Waals surface area contributed by atoms with Crippen molar-refractivity contribution >= 4 is 23.4 Å². The summed E-state index contributed by atoms with van der Waals surface area (Å²) < 4.78 is 7.44. The topological polar surface area (TPSA) is 73.0 Å². The van der Waals surface area contributed by atoms with Crippen LogP contribution in [0.25, 0.3) is 11.6 Å². The SMILES string of the molecule is C=CCn1c(SCc2ccc(C(=O)Nc3ccccc3C)cc2)nnc1-c1ccco1. The Kier molecular flexibility index (Phi) is 6.33. The summed E-state index contributed by atoms with van der Waals surface area (Å²) in [6.07, 6.45) is 3.42. The van der Waals surface area contributed by atoms with Crippen molar-refractivity contribution in [3.8, 4) is 11.6 Å². The molecule has 0 saturated heterocycles. The molecule has 6 nitrogen and oxygen atoms in total. The van der Waals surface area contributed by atoms with Crippen LogP contribution in [0.4, 0.5) is 5.69 Å². The van der Waals surface area contributed by atoms with E-state index < -0.39 is 0 Å². The second-order valence-corrected chi connectivity index (χ2v) is 7.88. The van der Waals surface area contributed by atoms with E-state index in [0.717, 1.165) is 22.0 Å². The number of rotatable bonds is 8. The van der Waals surface area contributed by atoms with Crippen LogP contribution in [0.3, 0.4) is 0 Å². The number of carbonyl (C=O) groups is 1. The Labute approximate surface area is 185 Å². The molecular formula is C24H22N4O2S. The Hall–Kier alpha value is -3.58. The van der Waals surface area contributed by atoms with Crippen LogP contribution in [0, 0.1) is 6.92 Å². The van der Waals surface area contributed by atoms with Gasteiger partial charge in [0, 0.05) is 23.5 Å². The number of amides is 1. The van der Waals surface area contributed by atoms with Crippen molar-refractivity contribution in [1.29, 1.82) is 0 Å². The van der Waals surface area contributed by atoms with E-state index in [4.69, 9.17) is 4.42 Å². The number of benzene rings is 2. The summed E-state index contributed by atoms with van der Waals surface area (Å²) in [5.41, 5.74) is 3.56. The molecule has 7 heteroatoms. The molecule has 2 heterocycles. The van der Waals surface area contributed by atoms with Gasteiger partial charge in [-0.15, -0.1) is 16.8 Å². The highest BCUT2D eigenvalue weighted by molar-refractivity contribution is 7.98. The van der Waals surface area contributed by atoms with Crippen LogP contribution in [0.5, 0.6) is 0 Å². The molecule has 2 aromatic carbocycles. The smallest absolute Gasteiger partial charge is 0.255 e. The van der Waals surface area contributed by atoms with Crippen molar-refractivity contribution in [2.24, 2.45) is 0 Å². The molecule has 4 rings (SSSR count). The molecule has 0 aliphatic heterocycles. The molecule has 0 radical (unpaired) electrons. The summed E-state index contributed by atoms with van der Waals surface area (Å²) >= 11 is 1.58. The Balaban J connectivity index is 1.42. The molecule has 156 valence electrons. The average molecular weight is 431 g/mol. The summed E-state index contributed by atoms with van der Waals surface area (Å²) in [5.74, 6) is 1.93. The van der Waals surface area contributed by atoms with Gasteiger partial charge in [0.15, 0.2) is 10.9 Å². The van der Waals surface area contributed by atoms with Gasteiger partial charge < -0.3 is 9.73 Å². The molecular weight excluding hydrogens is 408 g/mol. The zero-order chi connectivity index (χ0) is 21.6. The van der Waals surface area contributed by atoms with Gasteiger partial charge in [-0.2, -0.15) is 0 Å². The molecule has 1 N–H and O–H groups in total. The number of aryl methyl sites for hydroxylation is 1. The summed E-state index contributed by atoms with van der Waals surface area (Å²) in [4.78, 5) is 12.5. The Morgan fingerprint density at radius 2 is 1.94 bits per heavy atom. The van der Waals surface area contributed by atoms with Crippen LogP contribution >= 0.6 is 11.8 Å². The van der Waals surface area contributed by atoms with Crippen molar-refractivity contribution in [1.82, 2.24) is 14.8 Å². The number of nitrogens with zero attached hydrogens (tertiary/aromatic N) is 3. The first-order valence-corrected chi connectivity index (χ1v) is 10.8. The van der Waals surface area contributed by atoms with Gasteiger partial charge in [-0.25, -0.2) is 0 Å². The highest BCUT2D eigenvalue weighted by atomic mass is 32.2. The van der Waals surface area contributed by atoms with E-state index in [1.54, 1.807) is 18.0 Å². The quantitative estimate of drug-likeness (QED) is 0.292. The van der Waals surface area contributed by atoms with E-state index in [1.165, 1.54) is 0 Å². The number of hydrogen-bond donors (Lipinski definition) is 1. The lowest BCUT2D eigenvalue weighted by molar-refractivity contribution is 0.102. The predicted octanol–water partition coefficient (Wildman–Crippen LogP) is 5.58. The zero-order valence-electron chi connectivity index (χ0n) is 17.1. The molecule has 0 aliphatic carbocycles. The monoisotopic (exact) mass is 430 g/mol. The lowest BCUT2D eigenvalue weighted by atomic mass is 10.1. The molecule has 0 spiro atoms. The fourth-order valence-electron chi connectivity index (χ4n) is 3.09. The summed E-state index contributed by atoms with van der Waals surface area (Å²) in [6.45, 7) is 6.38. The Morgan fingerprint density at radius 3 is 2.65 bits per heavy atom. The number of para-hydroxylation sites is 1. The predicted molar refractivity (Wildman–Crippen MR) is 123 cm³/mol. The molecule has 31 heavy (non-hydrogen) atoms. The Morgan fingerprint density at radius 1 is 1.13 bits per heavy atom. The van der Waals surface area contributed by atoms with Crippen molar-refractivity contribution in [2.45, 2.75) is 24.4 Å². The minimum Gasteiger partial charge on any atom is -0.461 e. The van der Waals surface area contributed by atoms with Gasteiger partial charge >= 0.3 is 0 Å². The third kappa shape index (κ3) is 4.78. The largest absolute Gasteiger partial charge is 0.461 e. The fraction of sp³-hybridized carbons (Fsp3) is 0.125. The minimum absolute atomic E-state index is 0.123. The highest BCUT2D eigenvalue weighted by Crippen LogP contribution is 2.27.